The first-order chi connectivity index (χ1) is 17.5. The summed E-state index contributed by atoms with van der Waals surface area (Å²) in [6.45, 7) is 0.317. The van der Waals surface area contributed by atoms with Crippen molar-refractivity contribution >= 4 is 17.5 Å². The number of nitrogens with zero attached hydrogens (tertiary/aromatic N) is 2. The Balaban J connectivity index is 1.36. The van der Waals surface area contributed by atoms with Gasteiger partial charge in [0.15, 0.2) is 0 Å². The smallest absolute Gasteiger partial charge is 0.249 e. The van der Waals surface area contributed by atoms with Crippen LogP contribution in [0.3, 0.4) is 0 Å². The number of nitrogens with one attached hydrogen (secondary N) is 2. The molecule has 0 bridgehead atoms. The average Bonchev–Trinajstić information content (AvgIpc) is 3.39. The summed E-state index contributed by atoms with van der Waals surface area (Å²) in [5.41, 5.74) is 1.47. The molecule has 184 valence electrons. The minimum absolute atomic E-state index is 0.0117. The molecule has 0 unspecified atom stereocenters. The van der Waals surface area contributed by atoms with Gasteiger partial charge in [0.2, 0.25) is 11.8 Å². The fourth-order valence-corrected chi connectivity index (χ4v) is 3.31. The molecule has 0 fully saturated rings. The lowest BCUT2D eigenvalue weighted by Crippen LogP contribution is -2.47. The van der Waals surface area contributed by atoms with Crippen LogP contribution in [-0.2, 0) is 27.5 Å². The number of carbonyl (C=O) groups excluding carboxylic acids is 2. The van der Waals surface area contributed by atoms with Gasteiger partial charge in [-0.2, -0.15) is 0 Å². The minimum atomic E-state index is -0.917. The molecule has 0 saturated heterocycles. The Bertz CT molecular complexity index is 1250. The lowest BCUT2D eigenvalue weighted by molar-refractivity contribution is -0.128. The molecule has 0 aliphatic rings. The SMILES string of the molecule is O=C(Cn1ccnc1)N[C@@H](COCc1ccccc1)C(=O)Nc1ccc(Oc2ccc(F)cc2)cc1. The summed E-state index contributed by atoms with van der Waals surface area (Å²) in [7, 11) is 0. The van der Waals surface area contributed by atoms with Gasteiger partial charge in [0, 0.05) is 18.1 Å². The predicted molar refractivity (Wildman–Crippen MR) is 132 cm³/mol. The van der Waals surface area contributed by atoms with Crippen molar-refractivity contribution in [3.05, 3.63) is 109 Å². The van der Waals surface area contributed by atoms with Crippen molar-refractivity contribution in [3.8, 4) is 11.5 Å². The molecule has 9 heteroatoms. The monoisotopic (exact) mass is 488 g/mol. The minimum Gasteiger partial charge on any atom is -0.457 e. The highest BCUT2D eigenvalue weighted by atomic mass is 19.1. The fraction of sp³-hybridized carbons (Fsp3) is 0.148. The maximum Gasteiger partial charge on any atom is 0.249 e. The molecule has 1 aromatic heterocycles. The largest absolute Gasteiger partial charge is 0.457 e. The summed E-state index contributed by atoms with van der Waals surface area (Å²) in [5.74, 6) is -0.103. The van der Waals surface area contributed by atoms with Gasteiger partial charge < -0.3 is 24.7 Å². The number of imidazole rings is 1. The summed E-state index contributed by atoms with van der Waals surface area (Å²) in [6.07, 6.45) is 4.76. The van der Waals surface area contributed by atoms with Crippen molar-refractivity contribution in [1.29, 1.82) is 0 Å². The van der Waals surface area contributed by atoms with Crippen molar-refractivity contribution in [2.75, 3.05) is 11.9 Å². The zero-order valence-electron chi connectivity index (χ0n) is 19.3. The molecule has 0 aliphatic carbocycles. The van der Waals surface area contributed by atoms with Crippen LogP contribution >= 0.6 is 0 Å². The van der Waals surface area contributed by atoms with Crippen LogP contribution in [0.25, 0.3) is 0 Å². The van der Waals surface area contributed by atoms with Crippen molar-refractivity contribution in [1.82, 2.24) is 14.9 Å². The van der Waals surface area contributed by atoms with Crippen LogP contribution in [0.2, 0.25) is 0 Å². The molecular formula is C27H25FN4O4. The van der Waals surface area contributed by atoms with E-state index in [2.05, 4.69) is 15.6 Å². The molecule has 0 spiro atoms. The zero-order chi connectivity index (χ0) is 25.2. The van der Waals surface area contributed by atoms with E-state index >= 15 is 0 Å². The van der Waals surface area contributed by atoms with Gasteiger partial charge in [0.05, 0.1) is 19.5 Å². The predicted octanol–water partition coefficient (Wildman–Crippen LogP) is 4.15. The number of benzene rings is 3. The van der Waals surface area contributed by atoms with Gasteiger partial charge in [0.1, 0.15) is 29.9 Å². The van der Waals surface area contributed by atoms with Crippen LogP contribution in [0, 0.1) is 5.82 Å². The fourth-order valence-electron chi connectivity index (χ4n) is 3.31. The highest BCUT2D eigenvalue weighted by Crippen LogP contribution is 2.23. The number of ether oxygens (including phenoxy) is 2. The van der Waals surface area contributed by atoms with E-state index in [1.54, 1.807) is 41.2 Å². The van der Waals surface area contributed by atoms with Crippen molar-refractivity contribution in [2.45, 2.75) is 19.2 Å². The van der Waals surface area contributed by atoms with E-state index in [9.17, 15) is 14.0 Å². The van der Waals surface area contributed by atoms with Gasteiger partial charge in [-0.3, -0.25) is 9.59 Å². The van der Waals surface area contributed by atoms with Crippen LogP contribution in [0.4, 0.5) is 10.1 Å². The van der Waals surface area contributed by atoms with Crippen molar-refractivity contribution in [2.24, 2.45) is 0 Å². The van der Waals surface area contributed by atoms with E-state index in [4.69, 9.17) is 9.47 Å². The third kappa shape index (κ3) is 7.51. The normalized spacial score (nSPS) is 11.5. The standard InChI is InChI=1S/C27H25FN4O4/c28-21-6-10-23(11-7-21)36-24-12-8-22(9-13-24)30-27(34)25(18-35-17-20-4-2-1-3-5-20)31-26(33)16-32-15-14-29-19-32/h1-15,19,25H,16-18H2,(H,30,34)(H,31,33)/t25-/m0/s1. The molecule has 2 amide bonds. The molecule has 1 atom stereocenters. The third-order valence-corrected chi connectivity index (χ3v) is 5.10. The maximum absolute atomic E-state index is 13.1. The number of halogens is 1. The average molecular weight is 489 g/mol. The van der Waals surface area contributed by atoms with E-state index in [1.165, 1.54) is 30.6 Å². The summed E-state index contributed by atoms with van der Waals surface area (Å²) in [4.78, 5) is 29.4. The van der Waals surface area contributed by atoms with E-state index in [0.717, 1.165) is 5.56 Å². The van der Waals surface area contributed by atoms with Crippen LogP contribution in [-0.4, -0.2) is 34.0 Å². The van der Waals surface area contributed by atoms with E-state index in [0.29, 0.717) is 23.8 Å². The Morgan fingerprint density at radius 3 is 2.31 bits per heavy atom. The molecular weight excluding hydrogens is 463 g/mol. The molecule has 0 saturated carbocycles. The summed E-state index contributed by atoms with van der Waals surface area (Å²) in [5, 5.41) is 5.53. The van der Waals surface area contributed by atoms with Gasteiger partial charge in [-0.25, -0.2) is 9.37 Å². The number of aromatic nitrogens is 2. The number of anilines is 1. The van der Waals surface area contributed by atoms with Gasteiger partial charge in [-0.05, 0) is 54.1 Å². The van der Waals surface area contributed by atoms with Crippen LogP contribution < -0.4 is 15.4 Å². The van der Waals surface area contributed by atoms with Gasteiger partial charge in [0.25, 0.3) is 0 Å². The number of hydrogen-bond donors (Lipinski definition) is 2. The first-order valence-corrected chi connectivity index (χ1v) is 11.3. The lowest BCUT2D eigenvalue weighted by atomic mass is 10.2. The van der Waals surface area contributed by atoms with Crippen LogP contribution in [0.5, 0.6) is 11.5 Å². The molecule has 2 N–H and O–H groups in total. The topological polar surface area (TPSA) is 94.5 Å². The zero-order valence-corrected chi connectivity index (χ0v) is 19.3. The van der Waals surface area contributed by atoms with Gasteiger partial charge in [-0.15, -0.1) is 0 Å². The highest BCUT2D eigenvalue weighted by molar-refractivity contribution is 5.97. The Morgan fingerprint density at radius 1 is 0.944 bits per heavy atom. The molecule has 8 nitrogen and oxygen atoms in total. The maximum atomic E-state index is 13.1. The van der Waals surface area contributed by atoms with Gasteiger partial charge >= 0.3 is 0 Å². The van der Waals surface area contributed by atoms with E-state index in [-0.39, 0.29) is 24.9 Å². The molecule has 3 aromatic carbocycles. The molecule has 36 heavy (non-hydrogen) atoms. The Morgan fingerprint density at radius 2 is 1.64 bits per heavy atom. The third-order valence-electron chi connectivity index (χ3n) is 5.10. The summed E-state index contributed by atoms with van der Waals surface area (Å²) >= 11 is 0. The lowest BCUT2D eigenvalue weighted by Gasteiger charge is -2.19. The van der Waals surface area contributed by atoms with E-state index in [1.807, 2.05) is 30.3 Å². The second-order valence-electron chi connectivity index (χ2n) is 7.93. The van der Waals surface area contributed by atoms with Crippen LogP contribution in [0.15, 0.2) is 97.6 Å². The second kappa shape index (κ2) is 12.3. The van der Waals surface area contributed by atoms with Crippen molar-refractivity contribution in [3.63, 3.8) is 0 Å². The summed E-state index contributed by atoms with van der Waals surface area (Å²) in [6, 6.07) is 21.0. The number of carbonyl (C=O) groups is 2. The highest BCUT2D eigenvalue weighted by Gasteiger charge is 2.21. The first-order valence-electron chi connectivity index (χ1n) is 11.3. The first kappa shape index (κ1) is 24.6. The molecule has 0 radical (unpaired) electrons. The Hall–Kier alpha value is -4.50. The molecule has 4 rings (SSSR count). The number of rotatable bonds is 11. The number of amides is 2. The van der Waals surface area contributed by atoms with Gasteiger partial charge in [-0.1, -0.05) is 30.3 Å². The second-order valence-corrected chi connectivity index (χ2v) is 7.93. The molecule has 0 aliphatic heterocycles. The molecule has 4 aromatic rings. The quantitative estimate of drug-likeness (QED) is 0.331. The Kier molecular flexibility index (Phi) is 8.39. The Labute approximate surface area is 207 Å². The number of hydrogen-bond acceptors (Lipinski definition) is 5. The summed E-state index contributed by atoms with van der Waals surface area (Å²) < 4.78 is 26.1. The van der Waals surface area contributed by atoms with Crippen LogP contribution in [0.1, 0.15) is 5.56 Å². The van der Waals surface area contributed by atoms with Crippen molar-refractivity contribution < 1.29 is 23.5 Å². The molecule has 1 heterocycles. The van der Waals surface area contributed by atoms with E-state index < -0.39 is 11.9 Å².